The number of hydrazone groups is 1. The highest BCUT2D eigenvalue weighted by molar-refractivity contribution is 5.80. The van der Waals surface area contributed by atoms with Crippen LogP contribution < -0.4 is 11.0 Å². The minimum absolute atomic E-state index is 0.187. The number of aromatic nitrogens is 2. The van der Waals surface area contributed by atoms with Gasteiger partial charge in [-0.05, 0) is 48.9 Å². The first-order valence-corrected chi connectivity index (χ1v) is 6.69. The first-order valence-electron chi connectivity index (χ1n) is 6.69. The first-order chi connectivity index (χ1) is 9.70. The number of aryl methyl sites for hydroxylation is 3. The van der Waals surface area contributed by atoms with Crippen LogP contribution in [-0.4, -0.2) is 16.2 Å². The second-order valence-corrected chi connectivity index (χ2v) is 4.99. The van der Waals surface area contributed by atoms with Crippen LogP contribution in [0.5, 0.6) is 0 Å². The largest absolute Gasteiger partial charge is 0.291 e. The number of fused-ring (bicyclic) bond motifs is 1. The van der Waals surface area contributed by atoms with E-state index >= 15 is 0 Å². The Hall–Kier alpha value is -2.43. The molecule has 0 unspecified atom stereocenters. The summed E-state index contributed by atoms with van der Waals surface area (Å²) in [5.41, 5.74) is 7.12. The van der Waals surface area contributed by atoms with Crippen LogP contribution in [0.15, 0.2) is 34.2 Å². The third kappa shape index (κ3) is 2.77. The Morgan fingerprint density at radius 1 is 1.30 bits per heavy atom. The van der Waals surface area contributed by atoms with Crippen molar-refractivity contribution >= 4 is 12.2 Å². The van der Waals surface area contributed by atoms with Crippen molar-refractivity contribution < 1.29 is 0 Å². The third-order valence-electron chi connectivity index (χ3n) is 3.38. The first kappa shape index (κ1) is 12.6. The zero-order valence-corrected chi connectivity index (χ0v) is 11.3. The Morgan fingerprint density at radius 3 is 3.00 bits per heavy atom. The maximum absolute atomic E-state index is 11.3. The molecule has 2 N–H and O–H groups in total. The highest BCUT2D eigenvalue weighted by Crippen LogP contribution is 2.22. The number of rotatable bonds is 3. The molecule has 0 fully saturated rings. The molecule has 102 valence electrons. The lowest BCUT2D eigenvalue weighted by atomic mass is 10.1. The van der Waals surface area contributed by atoms with E-state index in [1.807, 2.05) is 0 Å². The van der Waals surface area contributed by atoms with Gasteiger partial charge in [-0.1, -0.05) is 12.1 Å². The van der Waals surface area contributed by atoms with E-state index in [4.69, 9.17) is 0 Å². The minimum atomic E-state index is -0.187. The molecule has 0 atom stereocenters. The molecule has 1 aromatic carbocycles. The summed E-state index contributed by atoms with van der Waals surface area (Å²) in [6.07, 6.45) is 5.31. The molecular weight excluding hydrogens is 252 g/mol. The van der Waals surface area contributed by atoms with Gasteiger partial charge in [0, 0.05) is 11.8 Å². The molecule has 0 radical (unpaired) electrons. The molecule has 0 spiro atoms. The van der Waals surface area contributed by atoms with E-state index in [0.717, 1.165) is 12.0 Å². The molecule has 0 amide bonds. The summed E-state index contributed by atoms with van der Waals surface area (Å²) < 4.78 is 0. The van der Waals surface area contributed by atoms with Crippen LogP contribution in [-0.2, 0) is 12.8 Å². The number of benzene rings is 1. The summed E-state index contributed by atoms with van der Waals surface area (Å²) in [5, 5.41) is 4.11. The highest BCUT2D eigenvalue weighted by Gasteiger charge is 2.09. The van der Waals surface area contributed by atoms with E-state index in [1.165, 1.54) is 30.0 Å². The molecule has 1 heterocycles. The van der Waals surface area contributed by atoms with Crippen LogP contribution in [0.2, 0.25) is 0 Å². The molecule has 5 nitrogen and oxygen atoms in total. The van der Waals surface area contributed by atoms with Gasteiger partial charge in [0.15, 0.2) is 0 Å². The summed E-state index contributed by atoms with van der Waals surface area (Å²) in [4.78, 5) is 18.0. The second-order valence-electron chi connectivity index (χ2n) is 4.99. The standard InChI is InChI=1S/C15H16N4O/c1-10-7-14(20)18-15(17-10)19-16-9-11-5-6-12-3-2-4-13(12)8-11/h5-9H,2-4H2,1H3,(H2,17,18,19,20)/b16-9-. The lowest BCUT2D eigenvalue weighted by Gasteiger charge is -2.01. The van der Waals surface area contributed by atoms with Crippen molar-refractivity contribution in [1.82, 2.24) is 9.97 Å². The van der Waals surface area contributed by atoms with Crippen LogP contribution >= 0.6 is 0 Å². The van der Waals surface area contributed by atoms with Gasteiger partial charge < -0.3 is 0 Å². The number of anilines is 1. The predicted octanol–water partition coefficient (Wildman–Crippen LogP) is 2.01. The number of nitrogens with zero attached hydrogens (tertiary/aromatic N) is 2. The van der Waals surface area contributed by atoms with E-state index in [9.17, 15) is 4.79 Å². The van der Waals surface area contributed by atoms with Gasteiger partial charge in [0.1, 0.15) is 0 Å². The summed E-state index contributed by atoms with van der Waals surface area (Å²) in [5.74, 6) is 0.354. The number of aromatic amines is 1. The quantitative estimate of drug-likeness (QED) is 0.661. The van der Waals surface area contributed by atoms with E-state index in [-0.39, 0.29) is 5.56 Å². The van der Waals surface area contributed by atoms with Gasteiger partial charge in [-0.3, -0.25) is 9.78 Å². The van der Waals surface area contributed by atoms with Crippen LogP contribution in [0.3, 0.4) is 0 Å². The molecule has 1 aromatic heterocycles. The van der Waals surface area contributed by atoms with Gasteiger partial charge in [0.25, 0.3) is 5.56 Å². The van der Waals surface area contributed by atoms with Gasteiger partial charge >= 0.3 is 0 Å². The fourth-order valence-corrected chi connectivity index (χ4v) is 2.47. The molecule has 0 aliphatic heterocycles. The Bertz CT molecular complexity index is 718. The molecule has 1 aliphatic carbocycles. The Morgan fingerprint density at radius 2 is 2.15 bits per heavy atom. The van der Waals surface area contributed by atoms with E-state index in [1.54, 1.807) is 13.1 Å². The summed E-state index contributed by atoms with van der Waals surface area (Å²) >= 11 is 0. The molecular formula is C15H16N4O. The van der Waals surface area contributed by atoms with Gasteiger partial charge in [0.2, 0.25) is 5.95 Å². The summed E-state index contributed by atoms with van der Waals surface area (Å²) in [6.45, 7) is 1.77. The number of hydrogen-bond acceptors (Lipinski definition) is 4. The van der Waals surface area contributed by atoms with Crippen LogP contribution in [0.25, 0.3) is 0 Å². The van der Waals surface area contributed by atoms with Crippen molar-refractivity contribution in [2.45, 2.75) is 26.2 Å². The Kier molecular flexibility index (Phi) is 3.33. The van der Waals surface area contributed by atoms with E-state index < -0.39 is 0 Å². The average Bonchev–Trinajstić information content (AvgIpc) is 2.85. The van der Waals surface area contributed by atoms with Crippen LogP contribution in [0, 0.1) is 6.92 Å². The summed E-state index contributed by atoms with van der Waals surface area (Å²) in [7, 11) is 0. The van der Waals surface area contributed by atoms with E-state index in [0.29, 0.717) is 11.6 Å². The van der Waals surface area contributed by atoms with Crippen molar-refractivity contribution in [3.8, 4) is 0 Å². The normalized spacial score (nSPS) is 13.7. The topological polar surface area (TPSA) is 70.1 Å². The second kappa shape index (κ2) is 5.28. The van der Waals surface area contributed by atoms with Crippen molar-refractivity contribution in [2.24, 2.45) is 5.10 Å². The van der Waals surface area contributed by atoms with Gasteiger partial charge in [0.05, 0.1) is 6.21 Å². The average molecular weight is 268 g/mol. The zero-order chi connectivity index (χ0) is 13.9. The summed E-state index contributed by atoms with van der Waals surface area (Å²) in [6, 6.07) is 7.83. The molecule has 20 heavy (non-hydrogen) atoms. The lowest BCUT2D eigenvalue weighted by molar-refractivity contribution is 0.912. The van der Waals surface area contributed by atoms with Crippen LogP contribution in [0.1, 0.15) is 28.8 Å². The SMILES string of the molecule is Cc1cc(=O)[nH]c(N/N=C\c2ccc3c(c2)CCC3)n1. The van der Waals surface area contributed by atoms with Gasteiger partial charge in [-0.25, -0.2) is 10.4 Å². The molecule has 2 aromatic rings. The maximum Gasteiger partial charge on any atom is 0.252 e. The fourth-order valence-electron chi connectivity index (χ4n) is 2.47. The van der Waals surface area contributed by atoms with Crippen molar-refractivity contribution in [1.29, 1.82) is 0 Å². The smallest absolute Gasteiger partial charge is 0.252 e. The minimum Gasteiger partial charge on any atom is -0.291 e. The molecule has 5 heteroatoms. The van der Waals surface area contributed by atoms with E-state index in [2.05, 4.69) is 38.7 Å². The maximum atomic E-state index is 11.3. The van der Waals surface area contributed by atoms with Crippen molar-refractivity contribution in [3.05, 3.63) is 57.0 Å². The highest BCUT2D eigenvalue weighted by atomic mass is 16.1. The third-order valence-corrected chi connectivity index (χ3v) is 3.38. The van der Waals surface area contributed by atoms with Crippen molar-refractivity contribution in [3.63, 3.8) is 0 Å². The Labute approximate surface area is 116 Å². The number of H-pyrrole nitrogens is 1. The van der Waals surface area contributed by atoms with Crippen LogP contribution in [0.4, 0.5) is 5.95 Å². The molecule has 0 bridgehead atoms. The fraction of sp³-hybridized carbons (Fsp3) is 0.267. The van der Waals surface area contributed by atoms with Crippen molar-refractivity contribution in [2.75, 3.05) is 5.43 Å². The van der Waals surface area contributed by atoms with Gasteiger partial charge in [-0.2, -0.15) is 5.10 Å². The zero-order valence-electron chi connectivity index (χ0n) is 11.3. The molecule has 0 saturated heterocycles. The lowest BCUT2D eigenvalue weighted by Crippen LogP contribution is -2.10. The number of nitrogens with one attached hydrogen (secondary N) is 2. The molecule has 0 saturated carbocycles. The van der Waals surface area contributed by atoms with Gasteiger partial charge in [-0.15, -0.1) is 0 Å². The molecule has 1 aliphatic rings. The predicted molar refractivity (Wildman–Crippen MR) is 79.3 cm³/mol. The Balaban J connectivity index is 1.73. The number of hydrogen-bond donors (Lipinski definition) is 2. The monoisotopic (exact) mass is 268 g/mol. The molecule has 3 rings (SSSR count).